The monoisotopic (exact) mass is 294 g/mol. The molecule has 0 atom stereocenters. The van der Waals surface area contributed by atoms with Crippen molar-refractivity contribution < 1.29 is 23.8 Å². The molecule has 5 nitrogen and oxygen atoms in total. The quantitative estimate of drug-likeness (QED) is 0.357. The maximum atomic E-state index is 11.7. The number of rotatable bonds is 11. The Morgan fingerprint density at radius 2 is 1.81 bits per heavy atom. The summed E-state index contributed by atoms with van der Waals surface area (Å²) in [5, 5.41) is 0. The van der Waals surface area contributed by atoms with E-state index in [4.69, 9.17) is 9.47 Å². The zero-order valence-electron chi connectivity index (χ0n) is 12.4. The van der Waals surface area contributed by atoms with Gasteiger partial charge in [-0.3, -0.25) is 4.79 Å². The third-order valence-electron chi connectivity index (χ3n) is 2.81. The fraction of sp³-hybridized carbons (Fsp3) is 0.500. The molecule has 0 saturated heterocycles. The fourth-order valence-corrected chi connectivity index (χ4v) is 1.67. The molecule has 0 saturated carbocycles. The summed E-state index contributed by atoms with van der Waals surface area (Å²) in [6, 6.07) is 6.88. The van der Waals surface area contributed by atoms with Crippen LogP contribution in [-0.4, -0.2) is 32.3 Å². The lowest BCUT2D eigenvalue weighted by molar-refractivity contribution is -0.128. The van der Waals surface area contributed by atoms with E-state index in [2.05, 4.69) is 11.7 Å². The second kappa shape index (κ2) is 10.7. The molecule has 1 aromatic rings. The molecule has 0 unspecified atom stereocenters. The van der Waals surface area contributed by atoms with E-state index < -0.39 is 5.97 Å². The summed E-state index contributed by atoms with van der Waals surface area (Å²) in [5.41, 5.74) is 0.479. The van der Waals surface area contributed by atoms with Crippen LogP contribution in [0, 0.1) is 0 Å². The first-order chi connectivity index (χ1) is 10.3. The molecular weight excluding hydrogens is 272 g/mol. The number of carbonyl (C=O) groups excluding carboxylic acids is 2. The van der Waals surface area contributed by atoms with Crippen molar-refractivity contribution in [3.63, 3.8) is 0 Å². The van der Waals surface area contributed by atoms with Gasteiger partial charge in [-0.1, -0.05) is 19.8 Å². The lowest BCUT2D eigenvalue weighted by Gasteiger charge is -2.07. The predicted octanol–water partition coefficient (Wildman–Crippen LogP) is 2.98. The Hall–Kier alpha value is -2.04. The minimum atomic E-state index is -0.390. The van der Waals surface area contributed by atoms with Crippen LogP contribution in [0.5, 0.6) is 5.75 Å². The van der Waals surface area contributed by atoms with Gasteiger partial charge >= 0.3 is 5.97 Å². The summed E-state index contributed by atoms with van der Waals surface area (Å²) in [4.78, 5) is 21.6. The van der Waals surface area contributed by atoms with Crippen LogP contribution in [0.2, 0.25) is 0 Å². The van der Waals surface area contributed by atoms with Crippen molar-refractivity contribution in [3.05, 3.63) is 29.8 Å². The first kappa shape index (κ1) is 17.0. The van der Waals surface area contributed by atoms with Crippen LogP contribution >= 0.6 is 0 Å². The van der Waals surface area contributed by atoms with Crippen molar-refractivity contribution in [2.45, 2.75) is 32.6 Å². The number of esters is 1. The van der Waals surface area contributed by atoms with Gasteiger partial charge in [0, 0.05) is 6.42 Å². The summed E-state index contributed by atoms with van der Waals surface area (Å²) in [6.07, 6.45) is 3.83. The van der Waals surface area contributed by atoms with Crippen LogP contribution in [0.25, 0.3) is 0 Å². The van der Waals surface area contributed by atoms with Gasteiger partial charge in [0.2, 0.25) is 0 Å². The summed E-state index contributed by atoms with van der Waals surface area (Å²) in [6.45, 7) is 3.68. The molecule has 0 aromatic heterocycles. The molecule has 21 heavy (non-hydrogen) atoms. The van der Waals surface area contributed by atoms with Crippen molar-refractivity contribution in [3.8, 4) is 5.75 Å². The lowest BCUT2D eigenvalue weighted by atomic mass is 10.2. The van der Waals surface area contributed by atoms with Gasteiger partial charge < -0.3 is 14.2 Å². The van der Waals surface area contributed by atoms with Crippen molar-refractivity contribution in [1.82, 2.24) is 0 Å². The van der Waals surface area contributed by atoms with Crippen LogP contribution in [0.15, 0.2) is 24.3 Å². The van der Waals surface area contributed by atoms with Gasteiger partial charge in [-0.2, -0.15) is 0 Å². The maximum Gasteiger partial charge on any atom is 0.338 e. The van der Waals surface area contributed by atoms with Crippen LogP contribution in [0.1, 0.15) is 43.0 Å². The van der Waals surface area contributed by atoms with Crippen LogP contribution < -0.4 is 4.74 Å². The van der Waals surface area contributed by atoms with E-state index in [1.54, 1.807) is 24.3 Å². The number of hydrogen-bond donors (Lipinski definition) is 0. The van der Waals surface area contributed by atoms with E-state index in [9.17, 15) is 9.59 Å². The van der Waals surface area contributed by atoms with Gasteiger partial charge in [-0.05, 0) is 30.7 Å². The lowest BCUT2D eigenvalue weighted by Crippen LogP contribution is -2.08. The summed E-state index contributed by atoms with van der Waals surface area (Å²) < 4.78 is 15.1. The maximum absolute atomic E-state index is 11.7. The fourth-order valence-electron chi connectivity index (χ4n) is 1.67. The highest BCUT2D eigenvalue weighted by Gasteiger charge is 2.06. The molecule has 0 fully saturated rings. The Morgan fingerprint density at radius 3 is 2.48 bits per heavy atom. The molecule has 0 spiro atoms. The van der Waals surface area contributed by atoms with Gasteiger partial charge in [-0.15, -0.1) is 0 Å². The third kappa shape index (κ3) is 7.34. The van der Waals surface area contributed by atoms with Crippen LogP contribution in [0.3, 0.4) is 0 Å². The molecule has 1 rings (SSSR count). The van der Waals surface area contributed by atoms with E-state index in [-0.39, 0.29) is 13.2 Å². The molecular formula is C16H22O5. The average Bonchev–Trinajstić information content (AvgIpc) is 2.52. The predicted molar refractivity (Wildman–Crippen MR) is 78.4 cm³/mol. The highest BCUT2D eigenvalue weighted by atomic mass is 16.5. The Balaban J connectivity index is 2.28. The third-order valence-corrected chi connectivity index (χ3v) is 2.81. The summed E-state index contributed by atoms with van der Waals surface area (Å²) >= 11 is 0. The van der Waals surface area contributed by atoms with Crippen molar-refractivity contribution in [2.24, 2.45) is 0 Å². The van der Waals surface area contributed by atoms with Crippen LogP contribution in [0.4, 0.5) is 0 Å². The molecule has 0 radical (unpaired) electrons. The molecule has 0 aliphatic heterocycles. The second-order valence-corrected chi connectivity index (χ2v) is 4.54. The number of carbonyl (C=O) groups is 2. The molecule has 0 amide bonds. The first-order valence-electron chi connectivity index (χ1n) is 7.23. The molecule has 0 N–H and O–H groups in total. The Morgan fingerprint density at radius 1 is 1.05 bits per heavy atom. The van der Waals surface area contributed by atoms with Gasteiger partial charge in [-0.25, -0.2) is 4.79 Å². The number of ether oxygens (including phenoxy) is 3. The van der Waals surface area contributed by atoms with E-state index >= 15 is 0 Å². The molecule has 5 heteroatoms. The van der Waals surface area contributed by atoms with Crippen molar-refractivity contribution in [1.29, 1.82) is 0 Å². The smallest absolute Gasteiger partial charge is 0.338 e. The SMILES string of the molecule is CCCCCOc1ccc(C(=O)OCCCOC=O)cc1. The Bertz CT molecular complexity index is 413. The molecule has 0 aliphatic rings. The van der Waals surface area contributed by atoms with Gasteiger partial charge in [0.05, 0.1) is 25.4 Å². The van der Waals surface area contributed by atoms with E-state index in [0.29, 0.717) is 25.1 Å². The number of benzene rings is 1. The molecule has 0 aliphatic carbocycles. The Labute approximate surface area is 125 Å². The molecule has 116 valence electrons. The van der Waals surface area contributed by atoms with Gasteiger partial charge in [0.15, 0.2) is 0 Å². The minimum Gasteiger partial charge on any atom is -0.494 e. The minimum absolute atomic E-state index is 0.224. The summed E-state index contributed by atoms with van der Waals surface area (Å²) in [5.74, 6) is 0.362. The number of unbranched alkanes of at least 4 members (excludes halogenated alkanes) is 2. The second-order valence-electron chi connectivity index (χ2n) is 4.54. The van der Waals surface area contributed by atoms with E-state index in [1.165, 1.54) is 0 Å². The molecule has 1 aromatic carbocycles. The van der Waals surface area contributed by atoms with Crippen molar-refractivity contribution in [2.75, 3.05) is 19.8 Å². The van der Waals surface area contributed by atoms with Gasteiger partial charge in [0.25, 0.3) is 6.47 Å². The van der Waals surface area contributed by atoms with E-state index in [0.717, 1.165) is 25.0 Å². The largest absolute Gasteiger partial charge is 0.494 e. The zero-order valence-corrected chi connectivity index (χ0v) is 12.4. The normalized spacial score (nSPS) is 9.95. The first-order valence-corrected chi connectivity index (χ1v) is 7.23. The van der Waals surface area contributed by atoms with E-state index in [1.807, 2.05) is 0 Å². The van der Waals surface area contributed by atoms with Crippen LogP contribution in [-0.2, 0) is 14.3 Å². The Kier molecular flexibility index (Phi) is 8.68. The van der Waals surface area contributed by atoms with Crippen molar-refractivity contribution >= 4 is 12.4 Å². The van der Waals surface area contributed by atoms with Gasteiger partial charge in [0.1, 0.15) is 5.75 Å². The highest BCUT2D eigenvalue weighted by molar-refractivity contribution is 5.89. The highest BCUT2D eigenvalue weighted by Crippen LogP contribution is 2.13. The molecule has 0 bridgehead atoms. The standard InChI is InChI=1S/C16H22O5/c1-2-3-4-11-20-15-8-6-14(7-9-15)16(18)21-12-5-10-19-13-17/h6-9,13H,2-5,10-12H2,1H3. The number of hydrogen-bond acceptors (Lipinski definition) is 5. The topological polar surface area (TPSA) is 61.8 Å². The zero-order chi connectivity index (χ0) is 15.3. The average molecular weight is 294 g/mol. The molecule has 0 heterocycles. The summed E-state index contributed by atoms with van der Waals surface area (Å²) in [7, 11) is 0.